The Hall–Kier alpha value is -5.60. The Labute approximate surface area is 321 Å². The number of fused-ring (bicyclic) bond motifs is 4. The van der Waals surface area contributed by atoms with Gasteiger partial charge in [0.2, 0.25) is 0 Å². The summed E-state index contributed by atoms with van der Waals surface area (Å²) in [6, 6.07) is 53.6. The lowest BCUT2D eigenvalue weighted by molar-refractivity contribution is 0.569. The predicted molar refractivity (Wildman–Crippen MR) is 233 cm³/mol. The minimum absolute atomic E-state index is 0.0139. The zero-order chi connectivity index (χ0) is 38.0. The second-order valence-corrected chi connectivity index (χ2v) is 17.9. The SMILES string of the molecule is CC(C)(C)c1ccc(N(c2ccc3c(c2)oc2ccccc23)c2ccccc2-c2cccc3cccc(-c4cc(C(C)(C)C)cc(C(C)(C)C)c4)c23)cc1. The van der Waals surface area contributed by atoms with E-state index in [9.17, 15) is 0 Å². The van der Waals surface area contributed by atoms with Crippen LogP contribution in [0.25, 0.3) is 55.0 Å². The van der Waals surface area contributed by atoms with Gasteiger partial charge in [0.25, 0.3) is 0 Å². The van der Waals surface area contributed by atoms with Crippen LogP contribution in [0.5, 0.6) is 0 Å². The fourth-order valence-electron chi connectivity index (χ4n) is 7.74. The van der Waals surface area contributed by atoms with Crippen LogP contribution in [-0.4, -0.2) is 0 Å². The summed E-state index contributed by atoms with van der Waals surface area (Å²) in [4.78, 5) is 2.40. The highest BCUT2D eigenvalue weighted by Gasteiger charge is 2.24. The Balaban J connectivity index is 1.38. The van der Waals surface area contributed by atoms with Gasteiger partial charge in [-0.3, -0.25) is 0 Å². The van der Waals surface area contributed by atoms with Crippen molar-refractivity contribution >= 4 is 49.8 Å². The van der Waals surface area contributed by atoms with Crippen LogP contribution >= 0.6 is 0 Å². The van der Waals surface area contributed by atoms with E-state index in [0.29, 0.717) is 0 Å². The number of furan rings is 1. The summed E-state index contributed by atoms with van der Waals surface area (Å²) in [5.74, 6) is 0. The molecule has 0 atom stereocenters. The molecule has 0 saturated heterocycles. The molecule has 0 N–H and O–H groups in total. The number of hydrogen-bond acceptors (Lipinski definition) is 2. The lowest BCUT2D eigenvalue weighted by atomic mass is 9.78. The van der Waals surface area contributed by atoms with Crippen molar-refractivity contribution < 1.29 is 4.42 Å². The van der Waals surface area contributed by atoms with Gasteiger partial charge in [0.1, 0.15) is 11.2 Å². The van der Waals surface area contributed by atoms with Crippen LogP contribution in [-0.2, 0) is 16.2 Å². The lowest BCUT2D eigenvalue weighted by Gasteiger charge is -2.29. The maximum atomic E-state index is 6.46. The number of benzene rings is 7. The van der Waals surface area contributed by atoms with Crippen LogP contribution in [0, 0.1) is 0 Å². The summed E-state index contributed by atoms with van der Waals surface area (Å²) in [5, 5.41) is 4.74. The molecule has 0 bridgehead atoms. The third kappa shape index (κ3) is 6.49. The highest BCUT2D eigenvalue weighted by Crippen LogP contribution is 2.46. The van der Waals surface area contributed by atoms with E-state index in [1.54, 1.807) is 0 Å². The van der Waals surface area contributed by atoms with Crippen LogP contribution < -0.4 is 4.90 Å². The van der Waals surface area contributed by atoms with Gasteiger partial charge in [-0.1, -0.05) is 165 Å². The van der Waals surface area contributed by atoms with Crippen molar-refractivity contribution in [2.45, 2.75) is 78.6 Å². The zero-order valence-electron chi connectivity index (χ0n) is 33.2. The van der Waals surface area contributed by atoms with Gasteiger partial charge in [-0.15, -0.1) is 0 Å². The average Bonchev–Trinajstić information content (AvgIpc) is 3.52. The minimum atomic E-state index is 0.0139. The molecule has 7 aromatic carbocycles. The molecule has 0 fully saturated rings. The first kappa shape index (κ1) is 35.4. The van der Waals surface area contributed by atoms with Crippen molar-refractivity contribution in [3.63, 3.8) is 0 Å². The van der Waals surface area contributed by atoms with E-state index in [4.69, 9.17) is 4.42 Å². The van der Waals surface area contributed by atoms with E-state index in [2.05, 4.69) is 201 Å². The molecule has 0 unspecified atom stereocenters. The van der Waals surface area contributed by atoms with Gasteiger partial charge in [0.15, 0.2) is 0 Å². The third-order valence-corrected chi connectivity index (χ3v) is 10.9. The molecule has 1 heterocycles. The molecule has 0 amide bonds. The molecule has 54 heavy (non-hydrogen) atoms. The summed E-state index contributed by atoms with van der Waals surface area (Å²) in [6.07, 6.45) is 0. The van der Waals surface area contributed by atoms with E-state index < -0.39 is 0 Å². The molecular weight excluding hydrogens is 655 g/mol. The number of para-hydroxylation sites is 2. The molecule has 8 aromatic rings. The van der Waals surface area contributed by atoms with Crippen molar-refractivity contribution in [3.05, 3.63) is 162 Å². The first-order chi connectivity index (χ1) is 25.7. The van der Waals surface area contributed by atoms with Gasteiger partial charge < -0.3 is 9.32 Å². The van der Waals surface area contributed by atoms with Crippen molar-refractivity contribution in [1.29, 1.82) is 0 Å². The Morgan fingerprint density at radius 3 is 1.63 bits per heavy atom. The normalized spacial score (nSPS) is 12.5. The van der Waals surface area contributed by atoms with Crippen LogP contribution in [0.2, 0.25) is 0 Å². The number of hydrogen-bond donors (Lipinski definition) is 0. The maximum absolute atomic E-state index is 6.46. The fraction of sp³-hybridized carbons (Fsp3) is 0.231. The molecule has 1 aromatic heterocycles. The van der Waals surface area contributed by atoms with E-state index in [-0.39, 0.29) is 16.2 Å². The molecule has 2 heteroatoms. The molecule has 0 saturated carbocycles. The van der Waals surface area contributed by atoms with Gasteiger partial charge in [-0.2, -0.15) is 0 Å². The standard InChI is InChI=1S/C52H51NO/c1-50(2,3)36-24-26-39(27-25-36)53(40-28-29-44-43-19-11-13-23-47(43)54-48(44)33-40)46-22-12-10-18-42(46)45-21-15-17-34-16-14-20-41(49(34)45)35-30-37(51(4,5)6)32-38(31-35)52(7,8)9/h10-33H,1-9H3. The van der Waals surface area contributed by atoms with Crippen LogP contribution in [0.3, 0.4) is 0 Å². The molecule has 8 rings (SSSR count). The predicted octanol–water partition coefficient (Wildman–Crippen LogP) is 15.4. The summed E-state index contributed by atoms with van der Waals surface area (Å²) in [5.41, 5.74) is 14.0. The minimum Gasteiger partial charge on any atom is -0.456 e. The molecule has 0 aliphatic carbocycles. The van der Waals surface area contributed by atoms with Gasteiger partial charge in [-0.25, -0.2) is 0 Å². The molecule has 270 valence electrons. The zero-order valence-corrected chi connectivity index (χ0v) is 33.2. The second kappa shape index (κ2) is 13.1. The van der Waals surface area contributed by atoms with E-state index in [1.807, 2.05) is 12.1 Å². The molecule has 2 nitrogen and oxygen atoms in total. The Morgan fingerprint density at radius 1 is 0.407 bits per heavy atom. The highest BCUT2D eigenvalue weighted by molar-refractivity contribution is 6.10. The van der Waals surface area contributed by atoms with Crippen LogP contribution in [0.15, 0.2) is 150 Å². The van der Waals surface area contributed by atoms with Gasteiger partial charge >= 0.3 is 0 Å². The largest absolute Gasteiger partial charge is 0.456 e. The number of rotatable bonds is 5. The fourth-order valence-corrected chi connectivity index (χ4v) is 7.74. The van der Waals surface area contributed by atoms with E-state index in [0.717, 1.165) is 39.0 Å². The number of anilines is 3. The Kier molecular flexibility index (Phi) is 8.57. The summed E-state index contributed by atoms with van der Waals surface area (Å²) < 4.78 is 6.46. The van der Waals surface area contributed by atoms with Crippen LogP contribution in [0.4, 0.5) is 17.1 Å². The van der Waals surface area contributed by atoms with Crippen molar-refractivity contribution in [3.8, 4) is 22.3 Å². The third-order valence-electron chi connectivity index (χ3n) is 10.9. The monoisotopic (exact) mass is 705 g/mol. The topological polar surface area (TPSA) is 16.4 Å². The molecule has 0 radical (unpaired) electrons. The summed E-state index contributed by atoms with van der Waals surface area (Å²) >= 11 is 0. The Morgan fingerprint density at radius 2 is 0.963 bits per heavy atom. The maximum Gasteiger partial charge on any atom is 0.137 e. The summed E-state index contributed by atoms with van der Waals surface area (Å²) in [6.45, 7) is 20.7. The van der Waals surface area contributed by atoms with Crippen molar-refractivity contribution in [2.75, 3.05) is 4.90 Å². The molecule has 0 spiro atoms. The van der Waals surface area contributed by atoms with Gasteiger partial charge in [0.05, 0.1) is 5.69 Å². The molecule has 0 aliphatic heterocycles. The first-order valence-corrected chi connectivity index (χ1v) is 19.3. The number of nitrogens with zero attached hydrogens (tertiary/aromatic N) is 1. The second-order valence-electron chi connectivity index (χ2n) is 17.9. The quantitative estimate of drug-likeness (QED) is 0.177. The lowest BCUT2D eigenvalue weighted by Crippen LogP contribution is -2.16. The van der Waals surface area contributed by atoms with Crippen molar-refractivity contribution in [2.24, 2.45) is 0 Å². The van der Waals surface area contributed by atoms with Crippen molar-refractivity contribution in [1.82, 2.24) is 0 Å². The Bertz CT molecular complexity index is 2620. The van der Waals surface area contributed by atoms with E-state index in [1.165, 1.54) is 49.7 Å². The molecular formula is C52H51NO. The smallest absolute Gasteiger partial charge is 0.137 e. The average molecular weight is 706 g/mol. The molecule has 0 aliphatic rings. The summed E-state index contributed by atoms with van der Waals surface area (Å²) in [7, 11) is 0. The highest BCUT2D eigenvalue weighted by atomic mass is 16.3. The van der Waals surface area contributed by atoms with E-state index >= 15 is 0 Å². The first-order valence-electron chi connectivity index (χ1n) is 19.3. The van der Waals surface area contributed by atoms with Gasteiger partial charge in [-0.05, 0) is 96.8 Å². The van der Waals surface area contributed by atoms with Crippen LogP contribution in [0.1, 0.15) is 79.0 Å². The van der Waals surface area contributed by atoms with Gasteiger partial charge in [0, 0.05) is 33.8 Å².